The number of amides is 3. The maximum atomic E-state index is 14.5. The maximum Gasteiger partial charge on any atom is 0.250 e. The first-order valence-corrected chi connectivity index (χ1v) is 14.4. The zero-order valence-electron chi connectivity index (χ0n) is 24.1. The monoisotopic (exact) mass is 547 g/mol. The number of aliphatic hydroxyl groups excluding tert-OH is 1. The van der Waals surface area contributed by atoms with Gasteiger partial charge in [-0.25, -0.2) is 0 Å². The molecular formula is C32H41N3O5. The summed E-state index contributed by atoms with van der Waals surface area (Å²) in [5, 5.41) is 16.7. The summed E-state index contributed by atoms with van der Waals surface area (Å²) < 4.78 is 6.80. The summed E-state index contributed by atoms with van der Waals surface area (Å²) in [6, 6.07) is 13.8. The smallest absolute Gasteiger partial charge is 0.250 e. The molecular weight excluding hydrogens is 506 g/mol. The van der Waals surface area contributed by atoms with Crippen molar-refractivity contribution in [2.75, 3.05) is 18.5 Å². The van der Waals surface area contributed by atoms with Gasteiger partial charge in [0, 0.05) is 12.2 Å². The first-order valence-electron chi connectivity index (χ1n) is 14.4. The van der Waals surface area contributed by atoms with Crippen molar-refractivity contribution in [2.45, 2.75) is 77.2 Å². The molecule has 3 heterocycles. The molecule has 3 fully saturated rings. The van der Waals surface area contributed by atoms with Gasteiger partial charge in [0.2, 0.25) is 17.7 Å². The van der Waals surface area contributed by atoms with Gasteiger partial charge >= 0.3 is 0 Å². The molecule has 3 unspecified atom stereocenters. The molecule has 214 valence electrons. The van der Waals surface area contributed by atoms with Crippen molar-refractivity contribution in [3.05, 3.63) is 65.2 Å². The van der Waals surface area contributed by atoms with Crippen molar-refractivity contribution in [1.82, 2.24) is 10.2 Å². The number of nitrogens with one attached hydrogen (secondary N) is 2. The highest BCUT2D eigenvalue weighted by Crippen LogP contribution is 2.65. The van der Waals surface area contributed by atoms with E-state index >= 15 is 0 Å². The lowest BCUT2D eigenvalue weighted by Crippen LogP contribution is -2.57. The molecule has 0 saturated carbocycles. The van der Waals surface area contributed by atoms with E-state index in [0.29, 0.717) is 25.1 Å². The standard InChI is InChI=1S/C32H41N3O5/c1-6-14-33-28(37)25-26-30(39)35(23(18-36)16-22-10-8-7-9-11-22)27(32(26)17-21(4)31(25,5)40-32)29(38)34-24-15-19(2)12-13-20(24)3/h7-13,15,21,23,25-27,36H,6,14,16-18H2,1-5H3,(H,33,37)(H,34,38)/t21?,23-,25-,26+,27?,31+,32?/m1/s1. The Hall–Kier alpha value is -3.23. The number of carbonyl (C=O) groups excluding carboxylic acids is 3. The number of aryl methyl sites for hydroxylation is 2. The van der Waals surface area contributed by atoms with Crippen LogP contribution in [-0.2, 0) is 25.5 Å². The second kappa shape index (κ2) is 10.6. The fourth-order valence-corrected chi connectivity index (χ4v) is 7.34. The molecule has 3 aliphatic heterocycles. The fraction of sp³-hybridized carbons (Fsp3) is 0.531. The highest BCUT2D eigenvalue weighted by molar-refractivity contribution is 6.04. The van der Waals surface area contributed by atoms with Crippen molar-refractivity contribution in [3.63, 3.8) is 0 Å². The molecule has 2 aromatic rings. The third kappa shape index (κ3) is 4.41. The fourth-order valence-electron chi connectivity index (χ4n) is 7.34. The van der Waals surface area contributed by atoms with Crippen LogP contribution in [0.1, 0.15) is 50.3 Å². The second-order valence-electron chi connectivity index (χ2n) is 12.1. The van der Waals surface area contributed by atoms with E-state index in [1.165, 1.54) is 4.90 Å². The number of aliphatic hydroxyl groups is 1. The van der Waals surface area contributed by atoms with E-state index < -0.39 is 35.1 Å². The number of likely N-dealkylation sites (tertiary alicyclic amines) is 1. The summed E-state index contributed by atoms with van der Waals surface area (Å²) in [6.07, 6.45) is 1.62. The van der Waals surface area contributed by atoms with Gasteiger partial charge in [-0.2, -0.15) is 0 Å². The summed E-state index contributed by atoms with van der Waals surface area (Å²) in [4.78, 5) is 43.9. The number of nitrogens with zero attached hydrogens (tertiary/aromatic N) is 1. The molecule has 2 aromatic carbocycles. The number of carbonyl (C=O) groups is 3. The lowest BCUT2D eigenvalue weighted by molar-refractivity contribution is -0.149. The summed E-state index contributed by atoms with van der Waals surface area (Å²) in [6.45, 7) is 9.98. The molecule has 40 heavy (non-hydrogen) atoms. The van der Waals surface area contributed by atoms with Gasteiger partial charge in [-0.15, -0.1) is 0 Å². The van der Waals surface area contributed by atoms with Gasteiger partial charge in [-0.05, 0) is 68.7 Å². The zero-order valence-corrected chi connectivity index (χ0v) is 24.1. The molecule has 5 rings (SSSR count). The van der Waals surface area contributed by atoms with Crippen LogP contribution >= 0.6 is 0 Å². The van der Waals surface area contributed by atoms with Crippen LogP contribution in [0.3, 0.4) is 0 Å². The van der Waals surface area contributed by atoms with E-state index in [-0.39, 0.29) is 30.2 Å². The summed E-state index contributed by atoms with van der Waals surface area (Å²) in [7, 11) is 0. The highest BCUT2D eigenvalue weighted by Gasteiger charge is 2.80. The van der Waals surface area contributed by atoms with Gasteiger partial charge in [0.05, 0.1) is 30.1 Å². The van der Waals surface area contributed by atoms with Gasteiger partial charge in [-0.3, -0.25) is 14.4 Å². The SMILES string of the molecule is CCCNC(=O)[C@H]1[C@H]2C(=O)N([C@@H](CO)Cc3ccccc3)C(C(=O)Nc3cc(C)ccc3C)C23CC(C)[C@]1(C)O3. The van der Waals surface area contributed by atoms with Crippen LogP contribution in [-0.4, -0.2) is 64.2 Å². The van der Waals surface area contributed by atoms with Gasteiger partial charge in [0.1, 0.15) is 11.6 Å². The lowest BCUT2D eigenvalue weighted by atomic mass is 9.62. The van der Waals surface area contributed by atoms with Crippen LogP contribution < -0.4 is 10.6 Å². The average Bonchev–Trinajstić information content (AvgIpc) is 3.45. The van der Waals surface area contributed by atoms with Gasteiger partial charge < -0.3 is 25.4 Å². The van der Waals surface area contributed by atoms with E-state index in [0.717, 1.165) is 23.1 Å². The van der Waals surface area contributed by atoms with Crippen LogP contribution in [0.2, 0.25) is 0 Å². The third-order valence-corrected chi connectivity index (χ3v) is 9.40. The molecule has 8 nitrogen and oxygen atoms in total. The van der Waals surface area contributed by atoms with Crippen molar-refractivity contribution in [3.8, 4) is 0 Å². The van der Waals surface area contributed by atoms with Gasteiger partial charge in [0.15, 0.2) is 0 Å². The summed E-state index contributed by atoms with van der Waals surface area (Å²) >= 11 is 0. The lowest BCUT2D eigenvalue weighted by Gasteiger charge is -2.37. The number of anilines is 1. The molecule has 2 bridgehead atoms. The van der Waals surface area contributed by atoms with Crippen molar-refractivity contribution >= 4 is 23.4 Å². The van der Waals surface area contributed by atoms with E-state index in [1.54, 1.807) is 0 Å². The molecule has 8 heteroatoms. The van der Waals surface area contributed by atoms with Crippen LogP contribution in [0.5, 0.6) is 0 Å². The molecule has 7 atom stereocenters. The molecule has 0 radical (unpaired) electrons. The van der Waals surface area contributed by atoms with Gasteiger partial charge in [0.25, 0.3) is 0 Å². The summed E-state index contributed by atoms with van der Waals surface area (Å²) in [5.74, 6) is -2.47. The Kier molecular flexibility index (Phi) is 7.52. The number of ether oxygens (including phenoxy) is 1. The van der Waals surface area contributed by atoms with E-state index in [4.69, 9.17) is 4.74 Å². The van der Waals surface area contributed by atoms with Crippen molar-refractivity contribution in [2.24, 2.45) is 17.8 Å². The van der Waals surface area contributed by atoms with E-state index in [1.807, 2.05) is 83.1 Å². The minimum absolute atomic E-state index is 0.0495. The number of benzene rings is 2. The number of rotatable bonds is 9. The Morgan fingerprint density at radius 3 is 2.55 bits per heavy atom. The van der Waals surface area contributed by atoms with E-state index in [9.17, 15) is 19.5 Å². The Morgan fingerprint density at radius 2 is 1.88 bits per heavy atom. The number of fused-ring (bicyclic) bond motifs is 1. The zero-order chi connectivity index (χ0) is 28.8. The first kappa shape index (κ1) is 28.3. The predicted molar refractivity (Wildman–Crippen MR) is 152 cm³/mol. The summed E-state index contributed by atoms with van der Waals surface area (Å²) in [5.41, 5.74) is 1.47. The average molecular weight is 548 g/mol. The third-order valence-electron chi connectivity index (χ3n) is 9.40. The van der Waals surface area contributed by atoms with Crippen molar-refractivity contribution < 1.29 is 24.2 Å². The predicted octanol–water partition coefficient (Wildman–Crippen LogP) is 3.38. The molecule has 3 aliphatic rings. The Bertz CT molecular complexity index is 1300. The van der Waals surface area contributed by atoms with Crippen LogP contribution in [0, 0.1) is 31.6 Å². The quantitative estimate of drug-likeness (QED) is 0.446. The second-order valence-corrected chi connectivity index (χ2v) is 12.1. The molecule has 3 saturated heterocycles. The Labute approximate surface area is 236 Å². The van der Waals surface area contributed by atoms with Gasteiger partial charge in [-0.1, -0.05) is 56.3 Å². The van der Waals surface area contributed by atoms with Crippen LogP contribution in [0.25, 0.3) is 0 Å². The molecule has 3 N–H and O–H groups in total. The topological polar surface area (TPSA) is 108 Å². The van der Waals surface area contributed by atoms with Crippen LogP contribution in [0.15, 0.2) is 48.5 Å². The molecule has 1 spiro atoms. The highest BCUT2D eigenvalue weighted by atomic mass is 16.5. The molecule has 0 aliphatic carbocycles. The Morgan fingerprint density at radius 1 is 1.15 bits per heavy atom. The minimum Gasteiger partial charge on any atom is -0.394 e. The Balaban J connectivity index is 1.60. The van der Waals surface area contributed by atoms with Crippen LogP contribution in [0.4, 0.5) is 5.69 Å². The largest absolute Gasteiger partial charge is 0.394 e. The molecule has 3 amide bonds. The number of hydrogen-bond acceptors (Lipinski definition) is 5. The normalized spacial score (nSPS) is 31.2. The maximum absolute atomic E-state index is 14.5. The number of hydrogen-bond donors (Lipinski definition) is 3. The first-order chi connectivity index (χ1) is 19.1. The van der Waals surface area contributed by atoms with Crippen molar-refractivity contribution in [1.29, 1.82) is 0 Å². The van der Waals surface area contributed by atoms with E-state index in [2.05, 4.69) is 10.6 Å². The minimum atomic E-state index is -1.18. The molecule has 0 aromatic heterocycles.